The SMILES string of the molecule is CS(=O)(=O)N1C=Cn2c(nc(=O)n2[N+](=O)[O-])N1. The lowest BCUT2D eigenvalue weighted by molar-refractivity contribution is -0.558. The normalized spacial score (nSPS) is 14.3. The van der Waals surface area contributed by atoms with E-state index < -0.39 is 20.7 Å². The molecule has 17 heavy (non-hydrogen) atoms. The van der Waals surface area contributed by atoms with Crippen molar-refractivity contribution in [1.82, 2.24) is 18.9 Å². The first-order chi connectivity index (χ1) is 7.80. The Morgan fingerprint density at radius 1 is 1.47 bits per heavy atom. The standard InChI is InChI=1S/C5H6N6O5S/c1-17(15,16)9-3-2-8-4(7-9)6-5(12)10(8)11(13)14/h2-3H,1H3,(H,6,7,12). The van der Waals surface area contributed by atoms with Crippen molar-refractivity contribution < 1.29 is 13.5 Å². The summed E-state index contributed by atoms with van der Waals surface area (Å²) in [4.78, 5) is 25.1. The van der Waals surface area contributed by atoms with Crippen LogP contribution in [-0.2, 0) is 10.0 Å². The largest absolute Gasteiger partial charge is 0.429 e. The molecule has 1 aliphatic heterocycles. The van der Waals surface area contributed by atoms with Gasteiger partial charge in [0.2, 0.25) is 10.0 Å². The van der Waals surface area contributed by atoms with Gasteiger partial charge < -0.3 is 10.1 Å². The summed E-state index contributed by atoms with van der Waals surface area (Å²) >= 11 is 0. The molecule has 0 saturated carbocycles. The zero-order valence-corrected chi connectivity index (χ0v) is 9.16. The summed E-state index contributed by atoms with van der Waals surface area (Å²) in [5.41, 5.74) is 1.11. The first-order valence-corrected chi connectivity index (χ1v) is 5.96. The molecule has 0 amide bonds. The van der Waals surface area contributed by atoms with Crippen molar-refractivity contribution in [3.05, 3.63) is 26.8 Å². The van der Waals surface area contributed by atoms with Gasteiger partial charge in [0.1, 0.15) is 6.20 Å². The number of nitrogens with zero attached hydrogens (tertiary/aromatic N) is 5. The first-order valence-electron chi connectivity index (χ1n) is 4.11. The van der Waals surface area contributed by atoms with E-state index in [1.54, 1.807) is 0 Å². The summed E-state index contributed by atoms with van der Waals surface area (Å²) in [5.74, 6) is -0.264. The van der Waals surface area contributed by atoms with E-state index in [4.69, 9.17) is 0 Å². The highest BCUT2D eigenvalue weighted by molar-refractivity contribution is 7.88. The summed E-state index contributed by atoms with van der Waals surface area (Å²) in [6.07, 6.45) is 2.97. The van der Waals surface area contributed by atoms with Crippen molar-refractivity contribution in [2.45, 2.75) is 0 Å². The van der Waals surface area contributed by atoms with Crippen LogP contribution >= 0.6 is 0 Å². The Labute approximate surface area is 93.7 Å². The Balaban J connectivity index is 2.54. The summed E-state index contributed by atoms with van der Waals surface area (Å²) in [6, 6.07) is 0. The van der Waals surface area contributed by atoms with E-state index in [1.165, 1.54) is 0 Å². The van der Waals surface area contributed by atoms with Crippen molar-refractivity contribution >= 4 is 22.2 Å². The van der Waals surface area contributed by atoms with Crippen LogP contribution in [0.1, 0.15) is 0 Å². The van der Waals surface area contributed by atoms with Crippen LogP contribution in [0.2, 0.25) is 0 Å². The molecule has 0 spiro atoms. The van der Waals surface area contributed by atoms with E-state index in [9.17, 15) is 23.3 Å². The number of anilines is 1. The van der Waals surface area contributed by atoms with E-state index in [2.05, 4.69) is 10.4 Å². The maximum absolute atomic E-state index is 11.2. The number of hydrogen-bond donors (Lipinski definition) is 1. The van der Waals surface area contributed by atoms with Crippen LogP contribution in [0.3, 0.4) is 0 Å². The number of hydrazine groups is 1. The summed E-state index contributed by atoms with van der Waals surface area (Å²) in [7, 11) is -3.59. The minimum Gasteiger partial charge on any atom is -0.339 e. The second-order valence-electron chi connectivity index (χ2n) is 3.06. The van der Waals surface area contributed by atoms with E-state index in [0.29, 0.717) is 4.41 Å². The minimum absolute atomic E-state index is 0.137. The molecule has 1 aliphatic rings. The molecule has 12 heteroatoms. The number of hydrogen-bond acceptors (Lipinski definition) is 7. The highest BCUT2D eigenvalue weighted by Crippen LogP contribution is 2.12. The smallest absolute Gasteiger partial charge is 0.339 e. The maximum Gasteiger partial charge on any atom is 0.429 e. The van der Waals surface area contributed by atoms with Crippen LogP contribution in [0.4, 0.5) is 5.95 Å². The third-order valence-electron chi connectivity index (χ3n) is 1.86. The van der Waals surface area contributed by atoms with Gasteiger partial charge >= 0.3 is 11.6 Å². The molecule has 1 N–H and O–H groups in total. The van der Waals surface area contributed by atoms with Crippen molar-refractivity contribution in [2.75, 3.05) is 11.7 Å². The number of nitro groups is 1. The van der Waals surface area contributed by atoms with Gasteiger partial charge in [-0.05, 0) is 0 Å². The van der Waals surface area contributed by atoms with E-state index in [0.717, 1.165) is 23.3 Å². The second kappa shape index (κ2) is 3.31. The number of fused-ring (bicyclic) bond motifs is 1. The van der Waals surface area contributed by atoms with Crippen molar-refractivity contribution in [3.63, 3.8) is 0 Å². The molecule has 0 radical (unpaired) electrons. The number of rotatable bonds is 2. The molecular weight excluding hydrogens is 256 g/mol. The lowest BCUT2D eigenvalue weighted by atomic mass is 10.8. The van der Waals surface area contributed by atoms with Crippen LogP contribution in [0.15, 0.2) is 11.0 Å². The van der Waals surface area contributed by atoms with Gasteiger partial charge in [-0.25, -0.2) is 18.6 Å². The molecule has 2 rings (SSSR count). The van der Waals surface area contributed by atoms with Crippen LogP contribution in [0.5, 0.6) is 0 Å². The summed E-state index contributed by atoms with van der Waals surface area (Å²) in [5, 5.41) is 9.58. The Hall–Kier alpha value is -2.37. The van der Waals surface area contributed by atoms with Crippen molar-refractivity contribution in [1.29, 1.82) is 0 Å². The van der Waals surface area contributed by atoms with Gasteiger partial charge in [0, 0.05) is 0 Å². The van der Waals surface area contributed by atoms with Gasteiger partial charge in [-0.15, -0.1) is 4.98 Å². The number of nitrogens with one attached hydrogen (secondary N) is 1. The monoisotopic (exact) mass is 262 g/mol. The fourth-order valence-electron chi connectivity index (χ4n) is 1.18. The quantitative estimate of drug-likeness (QED) is 0.486. The zero-order chi connectivity index (χ0) is 12.8. The molecule has 0 aliphatic carbocycles. The Kier molecular flexibility index (Phi) is 2.17. The molecule has 0 aromatic carbocycles. The van der Waals surface area contributed by atoms with Gasteiger partial charge in [0.15, 0.2) is 0 Å². The van der Waals surface area contributed by atoms with E-state index >= 15 is 0 Å². The summed E-state index contributed by atoms with van der Waals surface area (Å²) < 4.78 is 23.8. The molecular formula is C5H6N6O5S. The van der Waals surface area contributed by atoms with Gasteiger partial charge in [-0.1, -0.05) is 4.68 Å². The maximum atomic E-state index is 11.2. The Morgan fingerprint density at radius 2 is 2.12 bits per heavy atom. The zero-order valence-electron chi connectivity index (χ0n) is 8.34. The highest BCUT2D eigenvalue weighted by atomic mass is 32.2. The molecule has 0 atom stereocenters. The summed E-state index contributed by atoms with van der Waals surface area (Å²) in [6.45, 7) is 0. The highest BCUT2D eigenvalue weighted by Gasteiger charge is 2.28. The van der Waals surface area contributed by atoms with E-state index in [-0.39, 0.29) is 10.7 Å². The van der Waals surface area contributed by atoms with Crippen LogP contribution in [-0.4, -0.2) is 38.6 Å². The van der Waals surface area contributed by atoms with Crippen LogP contribution < -0.4 is 11.1 Å². The average molecular weight is 262 g/mol. The Bertz CT molecular complexity index is 667. The third kappa shape index (κ3) is 1.73. The average Bonchev–Trinajstić information content (AvgIpc) is 2.50. The topological polar surface area (TPSA) is 132 Å². The minimum atomic E-state index is -3.59. The fraction of sp³-hybridized carbons (Fsp3) is 0.200. The van der Waals surface area contributed by atoms with Crippen molar-refractivity contribution in [2.24, 2.45) is 0 Å². The number of aromatic nitrogens is 3. The third-order valence-corrected chi connectivity index (χ3v) is 2.79. The van der Waals surface area contributed by atoms with Gasteiger partial charge in [0.25, 0.3) is 0 Å². The van der Waals surface area contributed by atoms with Gasteiger partial charge in [-0.2, -0.15) is 4.41 Å². The van der Waals surface area contributed by atoms with Gasteiger partial charge in [-0.3, -0.25) is 0 Å². The van der Waals surface area contributed by atoms with Gasteiger partial charge in [0.05, 0.1) is 22.3 Å². The van der Waals surface area contributed by atoms with Crippen LogP contribution in [0.25, 0.3) is 6.20 Å². The molecule has 1 aromatic heterocycles. The molecule has 2 heterocycles. The lowest BCUT2D eigenvalue weighted by Crippen LogP contribution is -2.35. The predicted molar refractivity (Wildman–Crippen MR) is 54.5 cm³/mol. The molecule has 0 bridgehead atoms. The number of sulfonamides is 1. The molecule has 92 valence electrons. The molecule has 11 nitrogen and oxygen atoms in total. The Morgan fingerprint density at radius 3 is 2.65 bits per heavy atom. The van der Waals surface area contributed by atoms with Crippen LogP contribution in [0, 0.1) is 10.1 Å². The molecule has 1 aromatic rings. The van der Waals surface area contributed by atoms with E-state index in [1.807, 2.05) is 0 Å². The van der Waals surface area contributed by atoms with Crippen molar-refractivity contribution in [3.8, 4) is 0 Å². The molecule has 0 fully saturated rings. The first kappa shape index (κ1) is 11.1. The molecule has 0 saturated heterocycles. The predicted octanol–water partition coefficient (Wildman–Crippen LogP) is -1.89. The fourth-order valence-corrected chi connectivity index (χ4v) is 1.70. The lowest BCUT2D eigenvalue weighted by Gasteiger charge is -2.19. The second-order valence-corrected chi connectivity index (χ2v) is 4.92. The molecule has 0 unspecified atom stereocenters.